The number of nitrogens with two attached hydrogens (primary N) is 1. The zero-order chi connectivity index (χ0) is 12.8. The molecule has 18 heavy (non-hydrogen) atoms. The van der Waals surface area contributed by atoms with Crippen LogP contribution in [0.5, 0.6) is 5.88 Å². The Hall–Kier alpha value is -1.82. The van der Waals surface area contributed by atoms with Crippen LogP contribution in [0.4, 0.5) is 11.8 Å². The number of ether oxygens (including phenoxy) is 1. The van der Waals surface area contributed by atoms with Crippen molar-refractivity contribution >= 4 is 23.1 Å². The zero-order valence-corrected chi connectivity index (χ0v) is 11.0. The number of rotatable bonds is 6. The van der Waals surface area contributed by atoms with Crippen molar-refractivity contribution in [3.05, 3.63) is 28.5 Å². The van der Waals surface area contributed by atoms with Gasteiger partial charge >= 0.3 is 0 Å². The molecule has 0 atom stereocenters. The highest BCUT2D eigenvalue weighted by atomic mass is 32.1. The zero-order valence-electron chi connectivity index (χ0n) is 10.2. The van der Waals surface area contributed by atoms with Crippen molar-refractivity contribution in [3.63, 3.8) is 0 Å². The van der Waals surface area contributed by atoms with Crippen LogP contribution in [0.15, 0.2) is 23.6 Å². The Labute approximate surface area is 110 Å². The third-order valence-corrected chi connectivity index (χ3v) is 3.19. The number of anilines is 2. The van der Waals surface area contributed by atoms with E-state index >= 15 is 0 Å². The van der Waals surface area contributed by atoms with Crippen LogP contribution in [-0.4, -0.2) is 23.1 Å². The van der Waals surface area contributed by atoms with E-state index in [1.54, 1.807) is 17.4 Å². The molecule has 0 aromatic carbocycles. The summed E-state index contributed by atoms with van der Waals surface area (Å²) >= 11 is 1.72. The lowest BCUT2D eigenvalue weighted by molar-refractivity contribution is 0.310. The van der Waals surface area contributed by atoms with Crippen LogP contribution in [0.25, 0.3) is 0 Å². The SMILES string of the molecule is CCNc1cc(OCCc2cccs2)nc(N)n1. The van der Waals surface area contributed by atoms with Gasteiger partial charge in [0.05, 0.1) is 6.61 Å². The fourth-order valence-electron chi connectivity index (χ4n) is 1.50. The molecule has 0 aliphatic carbocycles. The van der Waals surface area contributed by atoms with Gasteiger partial charge in [0.25, 0.3) is 0 Å². The van der Waals surface area contributed by atoms with E-state index in [2.05, 4.69) is 26.7 Å². The number of thiophene rings is 1. The molecule has 6 heteroatoms. The number of hydrogen-bond acceptors (Lipinski definition) is 6. The maximum Gasteiger partial charge on any atom is 0.225 e. The molecule has 0 unspecified atom stereocenters. The van der Waals surface area contributed by atoms with Gasteiger partial charge in [0.1, 0.15) is 5.82 Å². The fourth-order valence-corrected chi connectivity index (χ4v) is 2.19. The maximum absolute atomic E-state index is 5.62. The molecule has 96 valence electrons. The molecular formula is C12H16N4OS. The molecular weight excluding hydrogens is 248 g/mol. The summed E-state index contributed by atoms with van der Waals surface area (Å²) in [5, 5.41) is 5.14. The second-order valence-corrected chi connectivity index (χ2v) is 4.69. The second-order valence-electron chi connectivity index (χ2n) is 3.66. The van der Waals surface area contributed by atoms with Crippen LogP contribution in [-0.2, 0) is 6.42 Å². The van der Waals surface area contributed by atoms with E-state index in [4.69, 9.17) is 10.5 Å². The van der Waals surface area contributed by atoms with Crippen LogP contribution in [0.3, 0.4) is 0 Å². The molecule has 0 fully saturated rings. The maximum atomic E-state index is 5.62. The molecule has 0 saturated carbocycles. The highest BCUT2D eigenvalue weighted by molar-refractivity contribution is 7.09. The molecule has 0 amide bonds. The molecule has 0 aliphatic rings. The molecule has 0 saturated heterocycles. The van der Waals surface area contributed by atoms with Crippen molar-refractivity contribution in [2.45, 2.75) is 13.3 Å². The van der Waals surface area contributed by atoms with Gasteiger partial charge in [-0.25, -0.2) is 0 Å². The van der Waals surface area contributed by atoms with E-state index in [0.29, 0.717) is 18.3 Å². The van der Waals surface area contributed by atoms with E-state index in [-0.39, 0.29) is 5.95 Å². The lowest BCUT2D eigenvalue weighted by Crippen LogP contribution is -2.07. The summed E-state index contributed by atoms with van der Waals surface area (Å²) in [5.41, 5.74) is 5.62. The Kier molecular flexibility index (Phi) is 4.35. The predicted molar refractivity (Wildman–Crippen MR) is 74.1 cm³/mol. The van der Waals surface area contributed by atoms with Gasteiger partial charge in [-0.05, 0) is 18.4 Å². The summed E-state index contributed by atoms with van der Waals surface area (Å²) in [6, 6.07) is 5.88. The lowest BCUT2D eigenvalue weighted by Gasteiger charge is -2.07. The number of hydrogen-bond donors (Lipinski definition) is 2. The average Bonchev–Trinajstić information content (AvgIpc) is 2.82. The highest BCUT2D eigenvalue weighted by Gasteiger charge is 2.03. The third-order valence-electron chi connectivity index (χ3n) is 2.26. The quantitative estimate of drug-likeness (QED) is 0.836. The Balaban J connectivity index is 1.92. The van der Waals surface area contributed by atoms with Crippen LogP contribution >= 0.6 is 11.3 Å². The van der Waals surface area contributed by atoms with Crippen LogP contribution in [0, 0.1) is 0 Å². The predicted octanol–water partition coefficient (Wildman–Crippen LogP) is 2.17. The summed E-state index contributed by atoms with van der Waals surface area (Å²) in [5.74, 6) is 1.42. The van der Waals surface area contributed by atoms with Crippen molar-refractivity contribution in [3.8, 4) is 5.88 Å². The molecule has 0 bridgehead atoms. The van der Waals surface area contributed by atoms with Gasteiger partial charge in [-0.1, -0.05) is 6.07 Å². The minimum atomic E-state index is 0.222. The standard InChI is InChI=1S/C12H16N4OS/c1-2-14-10-8-11(16-12(13)15-10)17-6-5-9-4-3-7-18-9/h3-4,7-8H,2,5-6H2,1H3,(H3,13,14,15,16). The third kappa shape index (κ3) is 3.59. The van der Waals surface area contributed by atoms with Gasteiger partial charge in [0.15, 0.2) is 0 Å². The summed E-state index contributed by atoms with van der Waals surface area (Å²) in [7, 11) is 0. The Bertz CT molecular complexity index is 487. The lowest BCUT2D eigenvalue weighted by atomic mass is 10.4. The Morgan fingerprint density at radius 2 is 2.33 bits per heavy atom. The van der Waals surface area contributed by atoms with Crippen LogP contribution in [0.1, 0.15) is 11.8 Å². The first-order valence-electron chi connectivity index (χ1n) is 5.81. The Morgan fingerprint density at radius 1 is 1.44 bits per heavy atom. The van der Waals surface area contributed by atoms with Crippen molar-refractivity contribution in [1.82, 2.24) is 9.97 Å². The largest absolute Gasteiger partial charge is 0.477 e. The van der Waals surface area contributed by atoms with Crippen molar-refractivity contribution < 1.29 is 4.74 Å². The van der Waals surface area contributed by atoms with Crippen molar-refractivity contribution in [2.24, 2.45) is 0 Å². The monoisotopic (exact) mass is 264 g/mol. The van der Waals surface area contributed by atoms with E-state index in [1.807, 2.05) is 13.0 Å². The molecule has 5 nitrogen and oxygen atoms in total. The molecule has 2 rings (SSSR count). The molecule has 2 aromatic heterocycles. The van der Waals surface area contributed by atoms with Crippen LogP contribution in [0.2, 0.25) is 0 Å². The van der Waals surface area contributed by atoms with Gasteiger partial charge in [0, 0.05) is 23.9 Å². The van der Waals surface area contributed by atoms with Crippen molar-refractivity contribution in [2.75, 3.05) is 24.2 Å². The summed E-state index contributed by atoms with van der Waals surface area (Å²) in [6.07, 6.45) is 0.873. The van der Waals surface area contributed by atoms with Gasteiger partial charge in [-0.2, -0.15) is 9.97 Å². The molecule has 0 aliphatic heterocycles. The molecule has 0 spiro atoms. The smallest absolute Gasteiger partial charge is 0.225 e. The molecule has 2 heterocycles. The number of nitrogen functional groups attached to an aromatic ring is 1. The molecule has 0 radical (unpaired) electrons. The fraction of sp³-hybridized carbons (Fsp3) is 0.333. The topological polar surface area (TPSA) is 73.1 Å². The first-order chi connectivity index (χ1) is 8.78. The van der Waals surface area contributed by atoms with Gasteiger partial charge < -0.3 is 15.8 Å². The second kappa shape index (κ2) is 6.20. The van der Waals surface area contributed by atoms with Gasteiger partial charge in [-0.3, -0.25) is 0 Å². The normalized spacial score (nSPS) is 10.3. The van der Waals surface area contributed by atoms with Crippen LogP contribution < -0.4 is 15.8 Å². The van der Waals surface area contributed by atoms with E-state index in [1.165, 1.54) is 4.88 Å². The first-order valence-corrected chi connectivity index (χ1v) is 6.69. The number of nitrogens with one attached hydrogen (secondary N) is 1. The summed E-state index contributed by atoms with van der Waals surface area (Å²) in [4.78, 5) is 9.40. The minimum Gasteiger partial charge on any atom is -0.477 e. The van der Waals surface area contributed by atoms with Gasteiger partial charge in [0.2, 0.25) is 11.8 Å². The first kappa shape index (κ1) is 12.6. The Morgan fingerprint density at radius 3 is 3.06 bits per heavy atom. The van der Waals surface area contributed by atoms with E-state index in [0.717, 1.165) is 13.0 Å². The number of aromatic nitrogens is 2. The molecule has 3 N–H and O–H groups in total. The average molecular weight is 264 g/mol. The van der Waals surface area contributed by atoms with E-state index in [9.17, 15) is 0 Å². The van der Waals surface area contributed by atoms with E-state index < -0.39 is 0 Å². The molecule has 2 aromatic rings. The number of nitrogens with zero attached hydrogens (tertiary/aromatic N) is 2. The van der Waals surface area contributed by atoms with Gasteiger partial charge in [-0.15, -0.1) is 11.3 Å². The highest BCUT2D eigenvalue weighted by Crippen LogP contribution is 2.15. The summed E-state index contributed by atoms with van der Waals surface area (Å²) in [6.45, 7) is 3.36. The minimum absolute atomic E-state index is 0.222. The van der Waals surface area contributed by atoms with Crippen molar-refractivity contribution in [1.29, 1.82) is 0 Å². The summed E-state index contributed by atoms with van der Waals surface area (Å²) < 4.78 is 5.58.